The van der Waals surface area contributed by atoms with Crippen molar-refractivity contribution in [3.8, 4) is 0 Å². The van der Waals surface area contributed by atoms with E-state index < -0.39 is 0 Å². The normalized spacial score (nSPS) is 10.5. The van der Waals surface area contributed by atoms with E-state index in [0.717, 1.165) is 6.54 Å². The third-order valence-electron chi connectivity index (χ3n) is 2.31. The summed E-state index contributed by atoms with van der Waals surface area (Å²) in [5.41, 5.74) is 2.62. The number of benzene rings is 1. The number of para-hydroxylation sites is 1. The second kappa shape index (κ2) is 3.09. The van der Waals surface area contributed by atoms with Gasteiger partial charge in [-0.1, -0.05) is 24.3 Å². The maximum Gasteiger partial charge on any atom is 0.0485 e. The fourth-order valence-electron chi connectivity index (χ4n) is 1.72. The van der Waals surface area contributed by atoms with Crippen molar-refractivity contribution in [1.29, 1.82) is 0 Å². The first-order valence-corrected chi connectivity index (χ1v) is 4.48. The Morgan fingerprint density at radius 1 is 1.38 bits per heavy atom. The minimum absolute atomic E-state index is 0.883. The molecular weight excluding hydrogens is 158 g/mol. The molecule has 66 valence electrons. The van der Waals surface area contributed by atoms with E-state index >= 15 is 0 Å². The lowest BCUT2D eigenvalue weighted by atomic mass is 10.2. The smallest absolute Gasteiger partial charge is 0.0485 e. The van der Waals surface area contributed by atoms with Gasteiger partial charge in [-0.15, -0.1) is 6.58 Å². The Balaban J connectivity index is 2.70. The second-order valence-electron chi connectivity index (χ2n) is 3.27. The van der Waals surface area contributed by atoms with E-state index in [2.05, 4.69) is 48.5 Å². The van der Waals surface area contributed by atoms with Crippen LogP contribution in [0.2, 0.25) is 0 Å². The van der Waals surface area contributed by atoms with Crippen LogP contribution >= 0.6 is 0 Å². The van der Waals surface area contributed by atoms with E-state index in [-0.39, 0.29) is 0 Å². The molecule has 0 atom stereocenters. The minimum atomic E-state index is 0.883. The Morgan fingerprint density at radius 2 is 2.15 bits per heavy atom. The predicted molar refractivity (Wildman–Crippen MR) is 56.9 cm³/mol. The van der Waals surface area contributed by atoms with Gasteiger partial charge in [0, 0.05) is 23.6 Å². The number of hydrogen-bond acceptors (Lipinski definition) is 0. The molecule has 13 heavy (non-hydrogen) atoms. The number of aryl methyl sites for hydroxylation is 1. The molecule has 1 aromatic heterocycles. The van der Waals surface area contributed by atoms with Crippen molar-refractivity contribution in [2.45, 2.75) is 13.5 Å². The molecule has 1 heterocycles. The highest BCUT2D eigenvalue weighted by Gasteiger charge is 2.01. The summed E-state index contributed by atoms with van der Waals surface area (Å²) < 4.78 is 2.22. The maximum atomic E-state index is 3.75. The highest BCUT2D eigenvalue weighted by atomic mass is 14.9. The molecule has 0 unspecified atom stereocenters. The molecule has 0 spiro atoms. The van der Waals surface area contributed by atoms with Gasteiger partial charge in [-0.25, -0.2) is 0 Å². The van der Waals surface area contributed by atoms with Crippen LogP contribution in [-0.4, -0.2) is 4.57 Å². The van der Waals surface area contributed by atoms with Crippen LogP contribution in [0.15, 0.2) is 43.1 Å². The summed E-state index contributed by atoms with van der Waals surface area (Å²) in [6.45, 7) is 6.78. The molecule has 1 nitrogen and oxygen atoms in total. The van der Waals surface area contributed by atoms with Crippen molar-refractivity contribution < 1.29 is 0 Å². The lowest BCUT2D eigenvalue weighted by molar-refractivity contribution is 0.862. The molecule has 0 radical (unpaired) electrons. The topological polar surface area (TPSA) is 4.93 Å². The van der Waals surface area contributed by atoms with Gasteiger partial charge in [0.1, 0.15) is 0 Å². The number of hydrogen-bond donors (Lipinski definition) is 0. The molecule has 0 fully saturated rings. The fourth-order valence-corrected chi connectivity index (χ4v) is 1.72. The Labute approximate surface area is 78.3 Å². The van der Waals surface area contributed by atoms with Crippen molar-refractivity contribution >= 4 is 10.9 Å². The van der Waals surface area contributed by atoms with Crippen molar-refractivity contribution in [1.82, 2.24) is 4.57 Å². The zero-order chi connectivity index (χ0) is 9.26. The van der Waals surface area contributed by atoms with E-state index in [9.17, 15) is 0 Å². The molecule has 0 amide bonds. The Bertz CT molecular complexity index is 437. The largest absolute Gasteiger partial charge is 0.343 e. The molecule has 1 aromatic carbocycles. The van der Waals surface area contributed by atoms with Gasteiger partial charge < -0.3 is 4.57 Å². The van der Waals surface area contributed by atoms with E-state index in [1.54, 1.807) is 0 Å². The molecule has 0 saturated carbocycles. The number of rotatable bonds is 2. The van der Waals surface area contributed by atoms with Crippen LogP contribution in [-0.2, 0) is 6.54 Å². The van der Waals surface area contributed by atoms with Crippen LogP contribution < -0.4 is 0 Å². The van der Waals surface area contributed by atoms with Crippen molar-refractivity contribution in [2.24, 2.45) is 0 Å². The van der Waals surface area contributed by atoms with E-state index in [4.69, 9.17) is 0 Å². The molecule has 2 aromatic rings. The highest BCUT2D eigenvalue weighted by Crippen LogP contribution is 2.19. The van der Waals surface area contributed by atoms with E-state index in [1.807, 2.05) is 6.08 Å². The van der Waals surface area contributed by atoms with Gasteiger partial charge in [0.2, 0.25) is 0 Å². The SMILES string of the molecule is C=CCn1cc(C)c2ccccc21. The maximum absolute atomic E-state index is 3.75. The number of fused-ring (bicyclic) bond motifs is 1. The number of nitrogens with zero attached hydrogens (tertiary/aromatic N) is 1. The first-order valence-electron chi connectivity index (χ1n) is 4.48. The Hall–Kier alpha value is -1.50. The molecule has 1 heteroatoms. The summed E-state index contributed by atoms with van der Waals surface area (Å²) in [6, 6.07) is 8.45. The fraction of sp³-hybridized carbons (Fsp3) is 0.167. The van der Waals surface area contributed by atoms with E-state index in [0.29, 0.717) is 0 Å². The Morgan fingerprint density at radius 3 is 2.92 bits per heavy atom. The quantitative estimate of drug-likeness (QED) is 0.612. The van der Waals surface area contributed by atoms with Gasteiger partial charge in [-0.3, -0.25) is 0 Å². The summed E-state index contributed by atoms with van der Waals surface area (Å²) in [5, 5.41) is 1.34. The van der Waals surface area contributed by atoms with Crippen molar-refractivity contribution in [3.05, 3.63) is 48.7 Å². The zero-order valence-corrected chi connectivity index (χ0v) is 7.83. The first kappa shape index (κ1) is 8.11. The zero-order valence-electron chi connectivity index (χ0n) is 7.83. The molecule has 0 N–H and O–H groups in total. The summed E-state index contributed by atoms with van der Waals surface area (Å²) in [6.07, 6.45) is 4.10. The predicted octanol–water partition coefficient (Wildman–Crippen LogP) is 3.14. The van der Waals surface area contributed by atoms with E-state index in [1.165, 1.54) is 16.5 Å². The van der Waals surface area contributed by atoms with Gasteiger partial charge in [0.25, 0.3) is 0 Å². The second-order valence-corrected chi connectivity index (χ2v) is 3.27. The third-order valence-corrected chi connectivity index (χ3v) is 2.31. The van der Waals surface area contributed by atoms with Crippen LogP contribution in [0.25, 0.3) is 10.9 Å². The average molecular weight is 171 g/mol. The van der Waals surface area contributed by atoms with Crippen LogP contribution in [0.1, 0.15) is 5.56 Å². The molecule has 0 bridgehead atoms. The Kier molecular flexibility index (Phi) is 1.93. The molecule has 0 saturated heterocycles. The van der Waals surface area contributed by atoms with Gasteiger partial charge in [0.15, 0.2) is 0 Å². The van der Waals surface area contributed by atoms with Crippen molar-refractivity contribution in [3.63, 3.8) is 0 Å². The highest BCUT2D eigenvalue weighted by molar-refractivity contribution is 5.83. The minimum Gasteiger partial charge on any atom is -0.343 e. The monoisotopic (exact) mass is 171 g/mol. The van der Waals surface area contributed by atoms with Crippen LogP contribution in [0.4, 0.5) is 0 Å². The summed E-state index contributed by atoms with van der Waals surface area (Å²) in [4.78, 5) is 0. The van der Waals surface area contributed by atoms with Crippen LogP contribution in [0.3, 0.4) is 0 Å². The van der Waals surface area contributed by atoms with Crippen LogP contribution in [0.5, 0.6) is 0 Å². The molecule has 0 aliphatic heterocycles. The van der Waals surface area contributed by atoms with Gasteiger partial charge in [-0.05, 0) is 18.6 Å². The first-order chi connectivity index (χ1) is 6.33. The van der Waals surface area contributed by atoms with Gasteiger partial charge in [-0.2, -0.15) is 0 Å². The summed E-state index contributed by atoms with van der Waals surface area (Å²) in [7, 11) is 0. The standard InChI is InChI=1S/C12H13N/c1-3-8-13-9-10(2)11-6-4-5-7-12(11)13/h3-7,9H,1,8H2,2H3. The number of aromatic nitrogens is 1. The average Bonchev–Trinajstić information content (AvgIpc) is 2.46. The van der Waals surface area contributed by atoms with Gasteiger partial charge >= 0.3 is 0 Å². The molecule has 0 aliphatic carbocycles. The summed E-state index contributed by atoms with van der Waals surface area (Å²) >= 11 is 0. The van der Waals surface area contributed by atoms with Crippen LogP contribution in [0, 0.1) is 6.92 Å². The number of allylic oxidation sites excluding steroid dienone is 1. The lowest BCUT2D eigenvalue weighted by Gasteiger charge is -1.99. The molecular formula is C12H13N. The third kappa shape index (κ3) is 1.26. The van der Waals surface area contributed by atoms with Crippen molar-refractivity contribution in [2.75, 3.05) is 0 Å². The molecule has 2 rings (SSSR count). The molecule has 0 aliphatic rings. The lowest BCUT2D eigenvalue weighted by Crippen LogP contribution is -1.90. The van der Waals surface area contributed by atoms with Gasteiger partial charge in [0.05, 0.1) is 0 Å². The summed E-state index contributed by atoms with van der Waals surface area (Å²) in [5.74, 6) is 0.